The van der Waals surface area contributed by atoms with Gasteiger partial charge in [0.15, 0.2) is 5.60 Å². The summed E-state index contributed by atoms with van der Waals surface area (Å²) in [5.74, 6) is 0.00516. The molecule has 1 heterocycles. The Labute approximate surface area is 130 Å². The normalized spacial score (nSPS) is 20.1. The van der Waals surface area contributed by atoms with Crippen LogP contribution in [0.5, 0.6) is 5.75 Å². The van der Waals surface area contributed by atoms with Crippen LogP contribution in [0.3, 0.4) is 0 Å². The highest BCUT2D eigenvalue weighted by Crippen LogP contribution is 2.45. The number of anilines is 1. The van der Waals surface area contributed by atoms with E-state index in [9.17, 15) is 9.90 Å². The maximum atomic E-state index is 12.4. The van der Waals surface area contributed by atoms with E-state index in [1.54, 1.807) is 24.3 Å². The summed E-state index contributed by atoms with van der Waals surface area (Å²) in [6.45, 7) is 1.90. The number of halogens is 1. The Hall–Kier alpha value is -1.85. The van der Waals surface area contributed by atoms with Crippen LogP contribution in [0.15, 0.2) is 40.9 Å². The van der Waals surface area contributed by atoms with Crippen LogP contribution >= 0.6 is 15.9 Å². The summed E-state index contributed by atoms with van der Waals surface area (Å²) in [6.07, 6.45) is 0. The first kappa shape index (κ1) is 14.1. The average molecular weight is 348 g/mol. The Morgan fingerprint density at radius 1 is 1.19 bits per heavy atom. The third-order valence-electron chi connectivity index (χ3n) is 3.69. The topological polar surface area (TPSA) is 58.6 Å². The van der Waals surface area contributed by atoms with Gasteiger partial charge in [0.25, 0.3) is 5.91 Å². The molecule has 2 aromatic carbocycles. The van der Waals surface area contributed by atoms with E-state index in [0.29, 0.717) is 22.6 Å². The van der Waals surface area contributed by atoms with E-state index in [0.717, 1.165) is 10.0 Å². The minimum absolute atomic E-state index is 0.444. The van der Waals surface area contributed by atoms with Crippen LogP contribution in [0.25, 0.3) is 0 Å². The van der Waals surface area contributed by atoms with Gasteiger partial charge in [0.05, 0.1) is 7.11 Å². The molecule has 1 amide bonds. The molecule has 1 aliphatic heterocycles. The van der Waals surface area contributed by atoms with E-state index in [-0.39, 0.29) is 0 Å². The van der Waals surface area contributed by atoms with Crippen molar-refractivity contribution in [1.29, 1.82) is 0 Å². The van der Waals surface area contributed by atoms with E-state index in [1.165, 1.54) is 7.11 Å². The number of ether oxygens (including phenoxy) is 1. The molecule has 21 heavy (non-hydrogen) atoms. The van der Waals surface area contributed by atoms with Crippen molar-refractivity contribution in [3.05, 3.63) is 57.6 Å². The molecule has 0 bridgehead atoms. The summed E-state index contributed by atoms with van der Waals surface area (Å²) in [6, 6.07) is 10.7. The number of carbonyl (C=O) groups excluding carboxylic acids is 1. The van der Waals surface area contributed by atoms with Crippen LogP contribution in [0.1, 0.15) is 16.7 Å². The lowest BCUT2D eigenvalue weighted by atomic mass is 9.86. The standard InChI is InChI=1S/C16H14BrNO3/c1-9-3-6-14(21-2)12(7-9)16(20)11-8-10(17)4-5-13(11)18-15(16)19/h3-8,20H,1-2H3,(H,18,19). The van der Waals surface area contributed by atoms with E-state index in [4.69, 9.17) is 4.74 Å². The fourth-order valence-corrected chi connectivity index (χ4v) is 2.99. The molecule has 2 N–H and O–H groups in total. The van der Waals surface area contributed by atoms with E-state index in [1.807, 2.05) is 19.1 Å². The molecule has 1 unspecified atom stereocenters. The second kappa shape index (κ2) is 4.86. The lowest BCUT2D eigenvalue weighted by Gasteiger charge is -2.24. The Balaban J connectivity index is 2.29. The van der Waals surface area contributed by atoms with Crippen LogP contribution < -0.4 is 10.1 Å². The van der Waals surface area contributed by atoms with Crippen molar-refractivity contribution in [2.24, 2.45) is 0 Å². The summed E-state index contributed by atoms with van der Waals surface area (Å²) >= 11 is 3.38. The lowest BCUT2D eigenvalue weighted by Crippen LogP contribution is -2.35. The second-order valence-corrected chi connectivity index (χ2v) is 5.97. The first-order chi connectivity index (χ1) is 9.96. The van der Waals surface area contributed by atoms with Gasteiger partial charge < -0.3 is 15.2 Å². The average Bonchev–Trinajstić information content (AvgIpc) is 2.72. The predicted octanol–water partition coefficient (Wildman–Crippen LogP) is 2.95. The van der Waals surface area contributed by atoms with Crippen LogP contribution in [0, 0.1) is 6.92 Å². The van der Waals surface area contributed by atoms with Crippen LogP contribution in [0.2, 0.25) is 0 Å². The summed E-state index contributed by atoms with van der Waals surface area (Å²) in [4.78, 5) is 12.4. The summed E-state index contributed by atoms with van der Waals surface area (Å²) in [7, 11) is 1.52. The van der Waals surface area contributed by atoms with Crippen LogP contribution in [-0.4, -0.2) is 18.1 Å². The zero-order chi connectivity index (χ0) is 15.2. The fraction of sp³-hybridized carbons (Fsp3) is 0.188. The number of hydrogen-bond acceptors (Lipinski definition) is 3. The quantitative estimate of drug-likeness (QED) is 0.877. The number of aryl methyl sites for hydroxylation is 1. The summed E-state index contributed by atoms with van der Waals surface area (Å²) < 4.78 is 6.11. The molecule has 5 heteroatoms. The van der Waals surface area contributed by atoms with Gasteiger partial charge in [-0.15, -0.1) is 0 Å². The number of aliphatic hydroxyl groups is 1. The minimum Gasteiger partial charge on any atom is -0.496 e. The number of nitrogens with one attached hydrogen (secondary N) is 1. The van der Waals surface area contributed by atoms with Crippen molar-refractivity contribution in [3.8, 4) is 5.75 Å². The van der Waals surface area contributed by atoms with Gasteiger partial charge in [-0.2, -0.15) is 0 Å². The molecule has 0 spiro atoms. The van der Waals surface area contributed by atoms with Crippen LogP contribution in [-0.2, 0) is 10.4 Å². The van der Waals surface area contributed by atoms with Crippen molar-refractivity contribution in [2.45, 2.75) is 12.5 Å². The van der Waals surface area contributed by atoms with Gasteiger partial charge in [0.2, 0.25) is 0 Å². The molecular formula is C16H14BrNO3. The van der Waals surface area contributed by atoms with Crippen molar-refractivity contribution in [1.82, 2.24) is 0 Å². The van der Waals surface area contributed by atoms with Crippen molar-refractivity contribution in [3.63, 3.8) is 0 Å². The first-order valence-corrected chi connectivity index (χ1v) is 7.25. The van der Waals surface area contributed by atoms with Crippen molar-refractivity contribution >= 4 is 27.5 Å². The molecule has 1 atom stereocenters. The third kappa shape index (κ3) is 2.04. The molecule has 0 radical (unpaired) electrons. The zero-order valence-corrected chi connectivity index (χ0v) is 13.2. The third-order valence-corrected chi connectivity index (χ3v) is 4.19. The van der Waals surface area contributed by atoms with E-state index >= 15 is 0 Å². The van der Waals surface area contributed by atoms with Gasteiger partial charge in [0.1, 0.15) is 5.75 Å². The molecule has 0 saturated heterocycles. The Bertz CT molecular complexity index is 744. The largest absolute Gasteiger partial charge is 0.496 e. The number of fused-ring (bicyclic) bond motifs is 1. The minimum atomic E-state index is -1.75. The highest BCUT2D eigenvalue weighted by molar-refractivity contribution is 9.10. The molecular weight excluding hydrogens is 334 g/mol. The Morgan fingerprint density at radius 3 is 2.67 bits per heavy atom. The summed E-state index contributed by atoms with van der Waals surface area (Å²) in [5.41, 5.74) is 0.756. The molecule has 108 valence electrons. The van der Waals surface area contributed by atoms with Crippen molar-refractivity contribution < 1.29 is 14.6 Å². The molecule has 0 aromatic heterocycles. The second-order valence-electron chi connectivity index (χ2n) is 5.06. The van der Waals surface area contributed by atoms with Gasteiger partial charge in [-0.3, -0.25) is 4.79 Å². The molecule has 2 aromatic rings. The molecule has 3 rings (SSSR count). The number of benzene rings is 2. The first-order valence-electron chi connectivity index (χ1n) is 6.46. The maximum absolute atomic E-state index is 12.4. The fourth-order valence-electron chi connectivity index (χ4n) is 2.63. The number of amides is 1. The van der Waals surface area contributed by atoms with Gasteiger partial charge in [-0.1, -0.05) is 27.6 Å². The highest BCUT2D eigenvalue weighted by atomic mass is 79.9. The van der Waals surface area contributed by atoms with E-state index < -0.39 is 11.5 Å². The highest BCUT2D eigenvalue weighted by Gasteiger charge is 2.48. The lowest BCUT2D eigenvalue weighted by molar-refractivity contribution is -0.129. The van der Waals surface area contributed by atoms with Crippen LogP contribution in [0.4, 0.5) is 5.69 Å². The zero-order valence-electron chi connectivity index (χ0n) is 11.6. The molecule has 4 nitrogen and oxygen atoms in total. The van der Waals surface area contributed by atoms with Crippen molar-refractivity contribution in [2.75, 3.05) is 12.4 Å². The van der Waals surface area contributed by atoms with E-state index in [2.05, 4.69) is 21.2 Å². The van der Waals surface area contributed by atoms with Gasteiger partial charge in [0, 0.05) is 21.3 Å². The molecule has 0 saturated carbocycles. The molecule has 0 aliphatic carbocycles. The van der Waals surface area contributed by atoms with Gasteiger partial charge in [-0.25, -0.2) is 0 Å². The van der Waals surface area contributed by atoms with Gasteiger partial charge >= 0.3 is 0 Å². The molecule has 1 aliphatic rings. The predicted molar refractivity (Wildman–Crippen MR) is 83.5 cm³/mol. The SMILES string of the molecule is COc1ccc(C)cc1C1(O)C(=O)Nc2ccc(Br)cc21. The Morgan fingerprint density at radius 2 is 1.95 bits per heavy atom. The monoisotopic (exact) mass is 347 g/mol. The number of carbonyl (C=O) groups is 1. The maximum Gasteiger partial charge on any atom is 0.266 e. The summed E-state index contributed by atoms with van der Waals surface area (Å²) in [5, 5.41) is 13.9. The van der Waals surface area contributed by atoms with Gasteiger partial charge in [-0.05, 0) is 37.3 Å². The molecule has 0 fully saturated rings. The number of hydrogen-bond donors (Lipinski definition) is 2. The Kier molecular flexibility index (Phi) is 3.26. The smallest absolute Gasteiger partial charge is 0.266 e. The number of rotatable bonds is 2. The number of methoxy groups -OCH3 is 1.